The molecule has 4 rings (SSSR count). The van der Waals surface area contributed by atoms with Gasteiger partial charge in [0, 0.05) is 37.0 Å². The zero-order valence-corrected chi connectivity index (χ0v) is 19.6. The van der Waals surface area contributed by atoms with Crippen LogP contribution < -0.4 is 10.6 Å². The van der Waals surface area contributed by atoms with Crippen LogP contribution in [0.5, 0.6) is 0 Å². The molecule has 0 atom stereocenters. The normalized spacial score (nSPS) is 14.0. The number of rotatable bonds is 10. The quantitative estimate of drug-likeness (QED) is 0.479. The van der Waals surface area contributed by atoms with E-state index in [9.17, 15) is 9.59 Å². The summed E-state index contributed by atoms with van der Waals surface area (Å²) in [5.74, 6) is 0.348. The van der Waals surface area contributed by atoms with Crippen LogP contribution in [0, 0.1) is 0 Å². The molecule has 0 bridgehead atoms. The summed E-state index contributed by atoms with van der Waals surface area (Å²) in [6.07, 6.45) is 7.60. The van der Waals surface area contributed by atoms with Crippen molar-refractivity contribution < 1.29 is 9.59 Å². The van der Waals surface area contributed by atoms with Gasteiger partial charge >= 0.3 is 0 Å². The molecule has 1 aromatic heterocycles. The molecule has 0 radical (unpaired) electrons. The van der Waals surface area contributed by atoms with Crippen LogP contribution in [0.2, 0.25) is 0 Å². The number of imidazole rings is 1. The van der Waals surface area contributed by atoms with Crippen LogP contribution in [0.1, 0.15) is 48.2 Å². The number of carbonyl (C=O) groups excluding carboxylic acids is 2. The maximum Gasteiger partial charge on any atom is 0.257 e. The van der Waals surface area contributed by atoms with Crippen LogP contribution in [0.4, 0.5) is 5.95 Å². The molecule has 0 saturated carbocycles. The fraction of sp³-hybridized carbons (Fsp3) is 0.370. The van der Waals surface area contributed by atoms with Crippen LogP contribution in [0.15, 0.2) is 66.9 Å². The maximum absolute atomic E-state index is 12.7. The molecule has 178 valence electrons. The number of likely N-dealkylation sites (tertiary alicyclic amines) is 1. The first-order valence-electron chi connectivity index (χ1n) is 12.2. The summed E-state index contributed by atoms with van der Waals surface area (Å²) in [6, 6.07) is 18.9. The van der Waals surface area contributed by atoms with Crippen molar-refractivity contribution in [2.75, 3.05) is 31.5 Å². The van der Waals surface area contributed by atoms with Crippen LogP contribution >= 0.6 is 0 Å². The molecule has 2 N–H and O–H groups in total. The highest BCUT2D eigenvalue weighted by atomic mass is 16.2. The third-order valence-corrected chi connectivity index (χ3v) is 6.09. The van der Waals surface area contributed by atoms with E-state index in [-0.39, 0.29) is 11.8 Å². The molecule has 7 heteroatoms. The highest BCUT2D eigenvalue weighted by Gasteiger charge is 2.15. The summed E-state index contributed by atoms with van der Waals surface area (Å²) < 4.78 is 1.88. The molecule has 2 amide bonds. The summed E-state index contributed by atoms with van der Waals surface area (Å²) in [5.41, 5.74) is 2.33. The van der Waals surface area contributed by atoms with Gasteiger partial charge in [-0.25, -0.2) is 4.98 Å². The Hall–Kier alpha value is -3.45. The van der Waals surface area contributed by atoms with Crippen LogP contribution in [0.3, 0.4) is 0 Å². The van der Waals surface area contributed by atoms with Gasteiger partial charge in [-0.1, -0.05) is 42.8 Å². The standard InChI is InChI=1S/C27H33N5O2/c33-25(28-17-20-31-18-8-3-9-19-31)16-10-13-23-21-32(24-14-6-2-7-15-24)27(29-23)30-26(34)22-11-4-1-5-12-22/h1-2,4-7,11-12,14-15,21H,3,8-10,13,16-20H2,(H,28,33)(H,29,30,34). The summed E-state index contributed by atoms with van der Waals surface area (Å²) in [6.45, 7) is 3.92. The number of para-hydroxylation sites is 1. The molecule has 0 aliphatic carbocycles. The van der Waals surface area contributed by atoms with Gasteiger partial charge in [-0.05, 0) is 63.0 Å². The number of nitrogens with zero attached hydrogens (tertiary/aromatic N) is 3. The molecule has 0 spiro atoms. The Balaban J connectivity index is 1.32. The minimum atomic E-state index is -0.206. The van der Waals surface area contributed by atoms with Crippen molar-refractivity contribution in [1.82, 2.24) is 19.8 Å². The van der Waals surface area contributed by atoms with E-state index < -0.39 is 0 Å². The number of carbonyl (C=O) groups is 2. The van der Waals surface area contributed by atoms with Crippen molar-refractivity contribution >= 4 is 17.8 Å². The Morgan fingerprint density at radius 1 is 0.912 bits per heavy atom. The van der Waals surface area contributed by atoms with Gasteiger partial charge in [-0.3, -0.25) is 19.5 Å². The van der Waals surface area contributed by atoms with E-state index in [1.807, 2.05) is 59.3 Å². The number of hydrogen-bond acceptors (Lipinski definition) is 4. The molecular weight excluding hydrogens is 426 g/mol. The SMILES string of the molecule is O=C(CCCc1cn(-c2ccccc2)c(NC(=O)c2ccccc2)n1)NCCN1CCCCC1. The Kier molecular flexibility index (Phi) is 8.46. The number of nitrogens with one attached hydrogen (secondary N) is 2. The first kappa shape index (κ1) is 23.7. The second kappa shape index (κ2) is 12.1. The van der Waals surface area contributed by atoms with E-state index in [0.29, 0.717) is 37.3 Å². The minimum Gasteiger partial charge on any atom is -0.355 e. The minimum absolute atomic E-state index is 0.0807. The number of piperidine rings is 1. The maximum atomic E-state index is 12.7. The number of amides is 2. The van der Waals surface area contributed by atoms with Crippen molar-refractivity contribution in [3.05, 3.63) is 78.1 Å². The second-order valence-electron chi connectivity index (χ2n) is 8.69. The number of anilines is 1. The van der Waals surface area contributed by atoms with Crippen molar-refractivity contribution in [3.63, 3.8) is 0 Å². The third-order valence-electron chi connectivity index (χ3n) is 6.09. The zero-order valence-electron chi connectivity index (χ0n) is 19.6. The Morgan fingerprint density at radius 2 is 1.62 bits per heavy atom. The zero-order chi connectivity index (χ0) is 23.6. The van der Waals surface area contributed by atoms with Gasteiger partial charge < -0.3 is 10.2 Å². The van der Waals surface area contributed by atoms with Crippen LogP contribution in [0.25, 0.3) is 5.69 Å². The molecule has 34 heavy (non-hydrogen) atoms. The van der Waals surface area contributed by atoms with Gasteiger partial charge in [0.2, 0.25) is 11.9 Å². The number of benzene rings is 2. The lowest BCUT2D eigenvalue weighted by Gasteiger charge is -2.26. The molecule has 1 fully saturated rings. The molecule has 0 unspecified atom stereocenters. The van der Waals surface area contributed by atoms with Gasteiger partial charge in [0.1, 0.15) is 0 Å². The lowest BCUT2D eigenvalue weighted by Crippen LogP contribution is -2.37. The number of aromatic nitrogens is 2. The molecule has 7 nitrogen and oxygen atoms in total. The van der Waals surface area contributed by atoms with Gasteiger partial charge in [0.15, 0.2) is 0 Å². The van der Waals surface area contributed by atoms with E-state index in [2.05, 4.69) is 20.5 Å². The highest BCUT2D eigenvalue weighted by molar-refractivity contribution is 6.03. The lowest BCUT2D eigenvalue weighted by molar-refractivity contribution is -0.121. The van der Waals surface area contributed by atoms with Gasteiger partial charge in [-0.15, -0.1) is 0 Å². The van der Waals surface area contributed by atoms with Crippen molar-refractivity contribution in [3.8, 4) is 5.69 Å². The largest absolute Gasteiger partial charge is 0.355 e. The van der Waals surface area contributed by atoms with E-state index in [0.717, 1.165) is 31.0 Å². The van der Waals surface area contributed by atoms with Crippen molar-refractivity contribution in [2.24, 2.45) is 0 Å². The lowest BCUT2D eigenvalue weighted by atomic mass is 10.1. The van der Waals surface area contributed by atoms with E-state index in [1.165, 1.54) is 19.3 Å². The number of hydrogen-bond donors (Lipinski definition) is 2. The summed E-state index contributed by atoms with van der Waals surface area (Å²) in [4.78, 5) is 32.0. The predicted octanol–water partition coefficient (Wildman–Crippen LogP) is 4.05. The Labute approximate surface area is 201 Å². The van der Waals surface area contributed by atoms with E-state index >= 15 is 0 Å². The van der Waals surface area contributed by atoms with Gasteiger partial charge in [0.25, 0.3) is 5.91 Å². The van der Waals surface area contributed by atoms with Gasteiger partial charge in [-0.2, -0.15) is 0 Å². The monoisotopic (exact) mass is 459 g/mol. The Bertz CT molecular complexity index is 1060. The molecule has 1 saturated heterocycles. The van der Waals surface area contributed by atoms with Crippen molar-refractivity contribution in [2.45, 2.75) is 38.5 Å². The topological polar surface area (TPSA) is 79.3 Å². The first-order chi connectivity index (χ1) is 16.7. The summed E-state index contributed by atoms with van der Waals surface area (Å²) >= 11 is 0. The van der Waals surface area contributed by atoms with Gasteiger partial charge in [0.05, 0.1) is 5.69 Å². The molecule has 2 heterocycles. The first-order valence-corrected chi connectivity index (χ1v) is 12.2. The summed E-state index contributed by atoms with van der Waals surface area (Å²) in [5, 5.41) is 5.97. The molecule has 2 aromatic carbocycles. The van der Waals surface area contributed by atoms with Crippen molar-refractivity contribution in [1.29, 1.82) is 0 Å². The van der Waals surface area contributed by atoms with Crippen LogP contribution in [-0.2, 0) is 11.2 Å². The molecular formula is C27H33N5O2. The highest BCUT2D eigenvalue weighted by Crippen LogP contribution is 2.19. The molecule has 1 aliphatic heterocycles. The smallest absolute Gasteiger partial charge is 0.257 e. The van der Waals surface area contributed by atoms with E-state index in [4.69, 9.17) is 0 Å². The molecule has 3 aromatic rings. The average Bonchev–Trinajstić information content (AvgIpc) is 3.28. The summed E-state index contributed by atoms with van der Waals surface area (Å²) in [7, 11) is 0. The molecule has 1 aliphatic rings. The number of aryl methyl sites for hydroxylation is 1. The van der Waals surface area contributed by atoms with E-state index in [1.54, 1.807) is 12.1 Å². The predicted molar refractivity (Wildman–Crippen MR) is 134 cm³/mol. The Morgan fingerprint density at radius 3 is 2.35 bits per heavy atom. The third kappa shape index (κ3) is 6.78. The second-order valence-corrected chi connectivity index (χ2v) is 8.69. The van der Waals surface area contributed by atoms with Crippen LogP contribution in [-0.4, -0.2) is 52.4 Å². The average molecular weight is 460 g/mol. The fourth-order valence-corrected chi connectivity index (χ4v) is 4.24. The fourth-order valence-electron chi connectivity index (χ4n) is 4.24.